The van der Waals surface area contributed by atoms with Crippen LogP contribution in [0.4, 0.5) is 0 Å². The number of hydrogen-bond acceptors (Lipinski definition) is 4. The van der Waals surface area contributed by atoms with Crippen molar-refractivity contribution in [1.82, 2.24) is 14.9 Å². The lowest BCUT2D eigenvalue weighted by Crippen LogP contribution is -2.27. The third-order valence-electron chi connectivity index (χ3n) is 3.94. The number of amides is 1. The molecule has 3 aromatic rings. The maximum atomic E-state index is 13.2. The Kier molecular flexibility index (Phi) is 6.93. The second-order valence-corrected chi connectivity index (χ2v) is 8.19. The van der Waals surface area contributed by atoms with E-state index in [2.05, 4.69) is 32.8 Å². The molecule has 3 rings (SSSR count). The maximum Gasteiger partial charge on any atom is 0.262 e. The van der Waals surface area contributed by atoms with Crippen molar-refractivity contribution in [2.75, 3.05) is 12.3 Å². The first-order valence-electron chi connectivity index (χ1n) is 8.43. The first-order chi connectivity index (χ1) is 13.5. The molecule has 0 atom stereocenters. The van der Waals surface area contributed by atoms with Gasteiger partial charge in [-0.15, -0.1) is 6.58 Å². The Balaban J connectivity index is 2.03. The van der Waals surface area contributed by atoms with Gasteiger partial charge in [0.1, 0.15) is 0 Å². The van der Waals surface area contributed by atoms with Gasteiger partial charge in [-0.2, -0.15) is 0 Å². The van der Waals surface area contributed by atoms with E-state index in [0.717, 1.165) is 10.0 Å². The first kappa shape index (κ1) is 20.6. The van der Waals surface area contributed by atoms with Crippen molar-refractivity contribution in [1.29, 1.82) is 0 Å². The number of aromatic nitrogens is 2. The highest BCUT2D eigenvalue weighted by molar-refractivity contribution is 9.10. The largest absolute Gasteiger partial charge is 0.352 e. The minimum Gasteiger partial charge on any atom is -0.352 e. The van der Waals surface area contributed by atoms with E-state index < -0.39 is 0 Å². The zero-order valence-electron chi connectivity index (χ0n) is 14.8. The highest BCUT2D eigenvalue weighted by Crippen LogP contribution is 2.23. The van der Waals surface area contributed by atoms with Gasteiger partial charge in [-0.05, 0) is 29.8 Å². The van der Waals surface area contributed by atoms with Crippen molar-refractivity contribution in [2.45, 2.75) is 11.7 Å². The van der Waals surface area contributed by atoms with E-state index in [4.69, 9.17) is 11.6 Å². The predicted molar refractivity (Wildman–Crippen MR) is 118 cm³/mol. The molecular weight excluding hydrogens is 462 g/mol. The molecule has 144 valence electrons. The molecule has 0 saturated carbocycles. The molecule has 0 spiro atoms. The van der Waals surface area contributed by atoms with Gasteiger partial charge in [-0.3, -0.25) is 14.2 Å². The van der Waals surface area contributed by atoms with Crippen LogP contribution in [0.5, 0.6) is 0 Å². The zero-order chi connectivity index (χ0) is 20.1. The molecule has 8 heteroatoms. The van der Waals surface area contributed by atoms with Crippen LogP contribution in [0.1, 0.15) is 5.56 Å². The molecule has 0 aliphatic carbocycles. The van der Waals surface area contributed by atoms with Gasteiger partial charge in [-0.1, -0.05) is 63.6 Å². The van der Waals surface area contributed by atoms with E-state index in [1.807, 2.05) is 24.3 Å². The molecule has 0 saturated heterocycles. The molecule has 28 heavy (non-hydrogen) atoms. The van der Waals surface area contributed by atoms with E-state index in [-0.39, 0.29) is 23.8 Å². The Morgan fingerprint density at radius 2 is 2.11 bits per heavy atom. The summed E-state index contributed by atoms with van der Waals surface area (Å²) in [6, 6.07) is 12.7. The third-order valence-corrected chi connectivity index (χ3v) is 5.78. The Labute approximate surface area is 179 Å². The van der Waals surface area contributed by atoms with Crippen LogP contribution in [-0.4, -0.2) is 27.8 Å². The second-order valence-electron chi connectivity index (χ2n) is 5.92. The molecule has 0 aliphatic rings. The van der Waals surface area contributed by atoms with Crippen molar-refractivity contribution in [2.24, 2.45) is 0 Å². The standard InChI is InChI=1S/C20H17BrClN3O2S/c1-2-9-23-18(26)12-28-20-24-17-8-7-14(21)10-15(17)19(27)25(20)11-13-5-3-4-6-16(13)22/h2-8,10H,1,9,11-12H2,(H,23,26). The SMILES string of the molecule is C=CCNC(=O)CSc1nc2ccc(Br)cc2c(=O)n1Cc1ccccc1Cl. The summed E-state index contributed by atoms with van der Waals surface area (Å²) < 4.78 is 2.36. The Bertz CT molecular complexity index is 1100. The number of rotatable bonds is 7. The lowest BCUT2D eigenvalue weighted by molar-refractivity contribution is -0.118. The van der Waals surface area contributed by atoms with Crippen LogP contribution in [0, 0.1) is 0 Å². The smallest absolute Gasteiger partial charge is 0.262 e. The highest BCUT2D eigenvalue weighted by atomic mass is 79.9. The van der Waals surface area contributed by atoms with Crippen LogP contribution in [0.15, 0.2) is 69.5 Å². The Morgan fingerprint density at radius 1 is 1.32 bits per heavy atom. The van der Waals surface area contributed by atoms with Crippen LogP contribution in [0.25, 0.3) is 10.9 Å². The van der Waals surface area contributed by atoms with Crippen molar-refractivity contribution in [3.63, 3.8) is 0 Å². The maximum absolute atomic E-state index is 13.2. The average Bonchev–Trinajstić information content (AvgIpc) is 2.69. The number of fused-ring (bicyclic) bond motifs is 1. The van der Waals surface area contributed by atoms with Crippen LogP contribution >= 0.6 is 39.3 Å². The van der Waals surface area contributed by atoms with Gasteiger partial charge in [0, 0.05) is 16.0 Å². The number of hydrogen-bond donors (Lipinski definition) is 1. The molecule has 2 aromatic carbocycles. The predicted octanol–water partition coefficient (Wildman–Crippen LogP) is 4.26. The second kappa shape index (κ2) is 9.41. The van der Waals surface area contributed by atoms with Gasteiger partial charge in [0.05, 0.1) is 23.2 Å². The van der Waals surface area contributed by atoms with Crippen LogP contribution in [0.3, 0.4) is 0 Å². The Morgan fingerprint density at radius 3 is 2.86 bits per heavy atom. The fourth-order valence-electron chi connectivity index (χ4n) is 2.59. The quantitative estimate of drug-likeness (QED) is 0.313. The molecule has 0 aliphatic heterocycles. The lowest BCUT2D eigenvalue weighted by Gasteiger charge is -2.14. The van der Waals surface area contributed by atoms with E-state index in [0.29, 0.717) is 27.6 Å². The van der Waals surface area contributed by atoms with Crippen LogP contribution in [-0.2, 0) is 11.3 Å². The fourth-order valence-corrected chi connectivity index (χ4v) is 3.97. The molecule has 1 amide bonds. The van der Waals surface area contributed by atoms with Crippen molar-refractivity contribution in [3.05, 3.63) is 80.5 Å². The number of thioether (sulfide) groups is 1. The summed E-state index contributed by atoms with van der Waals surface area (Å²) in [5.74, 6) is -0.00970. The van der Waals surface area contributed by atoms with Crippen LogP contribution in [0.2, 0.25) is 5.02 Å². The summed E-state index contributed by atoms with van der Waals surface area (Å²) in [5.41, 5.74) is 1.21. The first-order valence-corrected chi connectivity index (χ1v) is 10.6. The number of carbonyl (C=O) groups excluding carboxylic acids is 1. The summed E-state index contributed by atoms with van der Waals surface area (Å²) >= 11 is 10.9. The minimum atomic E-state index is -0.180. The molecule has 1 aromatic heterocycles. The molecular formula is C20H17BrClN3O2S. The molecule has 0 bridgehead atoms. The molecule has 5 nitrogen and oxygen atoms in total. The Hall–Kier alpha value is -2.09. The minimum absolute atomic E-state index is 0.144. The summed E-state index contributed by atoms with van der Waals surface area (Å²) in [6.07, 6.45) is 1.61. The summed E-state index contributed by atoms with van der Waals surface area (Å²) in [6.45, 7) is 4.24. The number of halogens is 2. The van der Waals surface area contributed by atoms with Gasteiger partial charge < -0.3 is 5.32 Å². The van der Waals surface area contributed by atoms with E-state index >= 15 is 0 Å². The number of nitrogens with zero attached hydrogens (tertiary/aromatic N) is 2. The van der Waals surface area contributed by atoms with Crippen molar-refractivity contribution in [3.8, 4) is 0 Å². The normalized spacial score (nSPS) is 10.8. The third kappa shape index (κ3) is 4.84. The number of carbonyl (C=O) groups is 1. The summed E-state index contributed by atoms with van der Waals surface area (Å²) in [7, 11) is 0. The topological polar surface area (TPSA) is 64.0 Å². The fraction of sp³-hybridized carbons (Fsp3) is 0.150. The molecule has 0 unspecified atom stereocenters. The molecule has 0 fully saturated rings. The molecule has 0 radical (unpaired) electrons. The van der Waals surface area contributed by atoms with E-state index in [1.54, 1.807) is 28.8 Å². The van der Waals surface area contributed by atoms with Gasteiger partial charge in [0.25, 0.3) is 5.56 Å². The molecule has 1 heterocycles. The van der Waals surface area contributed by atoms with Crippen molar-refractivity contribution < 1.29 is 4.79 Å². The zero-order valence-corrected chi connectivity index (χ0v) is 18.0. The highest BCUT2D eigenvalue weighted by Gasteiger charge is 2.15. The summed E-state index contributed by atoms with van der Waals surface area (Å²) in [4.78, 5) is 29.8. The number of nitrogens with one attached hydrogen (secondary N) is 1. The van der Waals surface area contributed by atoms with Gasteiger partial charge >= 0.3 is 0 Å². The van der Waals surface area contributed by atoms with Gasteiger partial charge in [0.15, 0.2) is 5.16 Å². The summed E-state index contributed by atoms with van der Waals surface area (Å²) in [5, 5.41) is 4.26. The number of benzene rings is 2. The van der Waals surface area contributed by atoms with E-state index in [9.17, 15) is 9.59 Å². The molecule has 1 N–H and O–H groups in total. The van der Waals surface area contributed by atoms with Gasteiger partial charge in [0.2, 0.25) is 5.91 Å². The van der Waals surface area contributed by atoms with Crippen molar-refractivity contribution >= 4 is 56.1 Å². The van der Waals surface area contributed by atoms with Crippen LogP contribution < -0.4 is 10.9 Å². The average molecular weight is 479 g/mol. The van der Waals surface area contributed by atoms with Gasteiger partial charge in [-0.25, -0.2) is 4.98 Å². The monoisotopic (exact) mass is 477 g/mol. The lowest BCUT2D eigenvalue weighted by atomic mass is 10.2. The van der Waals surface area contributed by atoms with E-state index in [1.165, 1.54) is 11.8 Å².